The average Bonchev–Trinajstić information content (AvgIpc) is 2.21. The van der Waals surface area contributed by atoms with Crippen LogP contribution < -0.4 is 5.32 Å². The zero-order chi connectivity index (χ0) is 10.8. The maximum atomic E-state index is 9.22. The second-order valence-corrected chi connectivity index (χ2v) is 2.70. The predicted octanol–water partition coefficient (Wildman–Crippen LogP) is 0.381. The summed E-state index contributed by atoms with van der Waals surface area (Å²) >= 11 is 0. The van der Waals surface area contributed by atoms with Gasteiger partial charge in [0.2, 0.25) is 0 Å². The molecule has 0 bridgehead atoms. The fourth-order valence-corrected chi connectivity index (χ4v) is 0.721. The third kappa shape index (κ3) is 6.40. The third-order valence-corrected chi connectivity index (χ3v) is 1.51. The molecule has 14 heavy (non-hydrogen) atoms. The van der Waals surface area contributed by atoms with Gasteiger partial charge in [0.15, 0.2) is 0 Å². The van der Waals surface area contributed by atoms with E-state index >= 15 is 0 Å². The van der Waals surface area contributed by atoms with Gasteiger partial charge in [-0.2, -0.15) is 0 Å². The summed E-state index contributed by atoms with van der Waals surface area (Å²) < 4.78 is 0. The first kappa shape index (κ1) is 12.9. The lowest BCUT2D eigenvalue weighted by atomic mass is 10.2. The minimum absolute atomic E-state index is 0.652. The molecule has 0 aliphatic heterocycles. The van der Waals surface area contributed by atoms with Crippen LogP contribution in [0.25, 0.3) is 0 Å². The van der Waals surface area contributed by atoms with E-state index in [4.69, 9.17) is 5.11 Å². The van der Waals surface area contributed by atoms with Crippen molar-refractivity contribution in [1.29, 1.82) is 0 Å². The normalized spacial score (nSPS) is 13.6. The van der Waals surface area contributed by atoms with Crippen LogP contribution in [-0.2, 0) is 0 Å². The molecular weight excluding hydrogens is 178 g/mol. The number of nitrogens with one attached hydrogen (secondary N) is 1. The molecule has 0 fully saturated rings. The molecule has 2 atom stereocenters. The second-order valence-electron chi connectivity index (χ2n) is 2.70. The van der Waals surface area contributed by atoms with Gasteiger partial charge in [-0.1, -0.05) is 12.2 Å². The molecule has 0 saturated heterocycles. The van der Waals surface area contributed by atoms with Gasteiger partial charge < -0.3 is 15.5 Å². The molecule has 2 unspecified atom stereocenters. The van der Waals surface area contributed by atoms with Crippen LogP contribution in [0.4, 0.5) is 0 Å². The van der Waals surface area contributed by atoms with E-state index in [1.807, 2.05) is 0 Å². The van der Waals surface area contributed by atoms with Gasteiger partial charge in [0.25, 0.3) is 0 Å². The van der Waals surface area contributed by atoms with Gasteiger partial charge in [0, 0.05) is 13.1 Å². The average molecular weight is 195 g/mol. The van der Waals surface area contributed by atoms with Gasteiger partial charge in [-0.3, -0.25) is 0 Å². The zero-order valence-electron chi connectivity index (χ0n) is 8.19. The molecular formula is C11H17NO2. The van der Waals surface area contributed by atoms with Crippen molar-refractivity contribution >= 4 is 0 Å². The molecule has 3 heteroatoms. The van der Waals surface area contributed by atoms with Crippen LogP contribution in [0, 0.1) is 0 Å². The minimum Gasteiger partial charge on any atom is -0.386 e. The Morgan fingerprint density at radius 1 is 1.21 bits per heavy atom. The van der Waals surface area contributed by atoms with Gasteiger partial charge >= 0.3 is 0 Å². The summed E-state index contributed by atoms with van der Waals surface area (Å²) in [5, 5.41) is 21.3. The SMILES string of the molecule is C=CCNCC=C=CC(O)C(O)C=C. The Labute approximate surface area is 84.8 Å². The van der Waals surface area contributed by atoms with Crippen LogP contribution in [0.2, 0.25) is 0 Å². The van der Waals surface area contributed by atoms with Gasteiger partial charge in [-0.15, -0.1) is 18.9 Å². The van der Waals surface area contributed by atoms with E-state index in [1.54, 1.807) is 12.2 Å². The molecule has 0 aromatic heterocycles. The van der Waals surface area contributed by atoms with Gasteiger partial charge in [0.05, 0.1) is 0 Å². The number of aliphatic hydroxyl groups excluding tert-OH is 2. The van der Waals surface area contributed by atoms with Gasteiger partial charge in [-0.05, 0) is 12.2 Å². The zero-order valence-corrected chi connectivity index (χ0v) is 8.19. The van der Waals surface area contributed by atoms with Crippen molar-refractivity contribution in [2.45, 2.75) is 12.2 Å². The van der Waals surface area contributed by atoms with Gasteiger partial charge in [0.1, 0.15) is 12.2 Å². The maximum Gasteiger partial charge on any atom is 0.109 e. The number of hydrogen-bond acceptors (Lipinski definition) is 3. The van der Waals surface area contributed by atoms with E-state index in [0.29, 0.717) is 6.54 Å². The van der Waals surface area contributed by atoms with Crippen molar-refractivity contribution in [3.8, 4) is 0 Å². The quantitative estimate of drug-likeness (QED) is 0.313. The van der Waals surface area contributed by atoms with Crippen LogP contribution in [0.1, 0.15) is 0 Å². The lowest BCUT2D eigenvalue weighted by molar-refractivity contribution is 0.0812. The van der Waals surface area contributed by atoms with E-state index in [2.05, 4.69) is 24.2 Å². The van der Waals surface area contributed by atoms with Crippen LogP contribution in [0.3, 0.4) is 0 Å². The summed E-state index contributed by atoms with van der Waals surface area (Å²) in [6, 6.07) is 0. The first-order valence-electron chi connectivity index (χ1n) is 4.43. The fourth-order valence-electron chi connectivity index (χ4n) is 0.721. The summed E-state index contributed by atoms with van der Waals surface area (Å²) in [6.45, 7) is 8.30. The van der Waals surface area contributed by atoms with Crippen LogP contribution in [0.15, 0.2) is 43.2 Å². The Balaban J connectivity index is 3.78. The maximum absolute atomic E-state index is 9.22. The van der Waals surface area contributed by atoms with Crippen LogP contribution in [0.5, 0.6) is 0 Å². The molecule has 0 rings (SSSR count). The van der Waals surface area contributed by atoms with E-state index in [1.165, 1.54) is 12.2 Å². The summed E-state index contributed by atoms with van der Waals surface area (Å²) in [5.41, 5.74) is 2.75. The molecule has 3 N–H and O–H groups in total. The molecule has 0 radical (unpaired) electrons. The van der Waals surface area contributed by atoms with E-state index in [0.717, 1.165) is 6.54 Å². The van der Waals surface area contributed by atoms with Crippen molar-refractivity contribution in [2.24, 2.45) is 0 Å². The highest BCUT2D eigenvalue weighted by Crippen LogP contribution is 1.94. The molecule has 0 aliphatic carbocycles. The Hall–Kier alpha value is -1.12. The van der Waals surface area contributed by atoms with Crippen LogP contribution in [-0.4, -0.2) is 35.5 Å². The largest absolute Gasteiger partial charge is 0.386 e. The van der Waals surface area contributed by atoms with Crippen molar-refractivity contribution in [1.82, 2.24) is 5.32 Å². The Bertz CT molecular complexity index is 229. The summed E-state index contributed by atoms with van der Waals surface area (Å²) in [4.78, 5) is 0. The van der Waals surface area contributed by atoms with Crippen molar-refractivity contribution < 1.29 is 10.2 Å². The highest BCUT2D eigenvalue weighted by Gasteiger charge is 2.06. The van der Waals surface area contributed by atoms with E-state index in [-0.39, 0.29) is 0 Å². The summed E-state index contributed by atoms with van der Waals surface area (Å²) in [7, 11) is 0. The minimum atomic E-state index is -0.942. The third-order valence-electron chi connectivity index (χ3n) is 1.51. The molecule has 0 aliphatic rings. The predicted molar refractivity (Wildman–Crippen MR) is 57.9 cm³/mol. The fraction of sp³-hybridized carbons (Fsp3) is 0.364. The van der Waals surface area contributed by atoms with Gasteiger partial charge in [-0.25, -0.2) is 0 Å². The standard InChI is InChI=1S/C11H17NO2/c1-3-8-12-9-6-5-7-11(14)10(13)4-2/h3-4,6-7,10-14H,1-2,8-9H2. The lowest BCUT2D eigenvalue weighted by Crippen LogP contribution is -2.20. The number of aliphatic hydroxyl groups is 2. The molecule has 0 saturated carbocycles. The van der Waals surface area contributed by atoms with Crippen molar-refractivity contribution in [3.63, 3.8) is 0 Å². The Kier molecular flexibility index (Phi) is 7.80. The Morgan fingerprint density at radius 3 is 2.50 bits per heavy atom. The molecule has 0 aromatic rings. The summed E-state index contributed by atoms with van der Waals surface area (Å²) in [5.74, 6) is 0. The molecule has 0 heterocycles. The van der Waals surface area contributed by atoms with Crippen molar-refractivity contribution in [2.75, 3.05) is 13.1 Å². The topological polar surface area (TPSA) is 52.5 Å². The van der Waals surface area contributed by atoms with Crippen LogP contribution >= 0.6 is 0 Å². The molecule has 0 aromatic carbocycles. The molecule has 0 amide bonds. The Morgan fingerprint density at radius 2 is 1.93 bits per heavy atom. The first-order valence-corrected chi connectivity index (χ1v) is 4.43. The highest BCUT2D eigenvalue weighted by atomic mass is 16.3. The second kappa shape index (κ2) is 8.48. The molecule has 78 valence electrons. The first-order chi connectivity index (χ1) is 6.72. The highest BCUT2D eigenvalue weighted by molar-refractivity contribution is 4.98. The summed E-state index contributed by atoms with van der Waals surface area (Å²) in [6.07, 6.45) is 4.28. The lowest BCUT2D eigenvalue weighted by Gasteiger charge is -2.06. The van der Waals surface area contributed by atoms with E-state index in [9.17, 15) is 5.11 Å². The monoisotopic (exact) mass is 195 g/mol. The van der Waals surface area contributed by atoms with Crippen molar-refractivity contribution in [3.05, 3.63) is 43.2 Å². The number of rotatable bonds is 7. The number of hydrogen-bond donors (Lipinski definition) is 3. The molecule has 3 nitrogen and oxygen atoms in total. The smallest absolute Gasteiger partial charge is 0.109 e. The van der Waals surface area contributed by atoms with E-state index < -0.39 is 12.2 Å². The molecule has 0 spiro atoms.